The molecule has 0 fully saturated rings. The van der Waals surface area contributed by atoms with Crippen molar-refractivity contribution < 1.29 is 18.1 Å². The van der Waals surface area contributed by atoms with Crippen LogP contribution in [-0.2, 0) is 10.0 Å². The van der Waals surface area contributed by atoms with Gasteiger partial charge in [0, 0.05) is 23.1 Å². The maximum absolute atomic E-state index is 12.5. The first-order chi connectivity index (χ1) is 12.8. The van der Waals surface area contributed by atoms with Gasteiger partial charge in [-0.2, -0.15) is 0 Å². The number of rotatable bonds is 6. The Morgan fingerprint density at radius 1 is 1.26 bits per heavy atom. The van der Waals surface area contributed by atoms with Gasteiger partial charge in [-0.15, -0.1) is 11.3 Å². The normalized spacial score (nSPS) is 11.2. The number of hydrogen-bond acceptors (Lipinski definition) is 7. The molecular formula is C16H12BrN3O5S2. The van der Waals surface area contributed by atoms with Crippen molar-refractivity contribution in [1.29, 1.82) is 0 Å². The van der Waals surface area contributed by atoms with E-state index in [9.17, 15) is 18.5 Å². The van der Waals surface area contributed by atoms with E-state index in [1.54, 1.807) is 17.5 Å². The number of sulfonamides is 1. The first-order valence-electron chi connectivity index (χ1n) is 7.37. The van der Waals surface area contributed by atoms with E-state index in [1.807, 2.05) is 0 Å². The maximum Gasteiger partial charge on any atom is 0.270 e. The highest BCUT2D eigenvalue weighted by Crippen LogP contribution is 2.31. The Bertz CT molecular complexity index is 1110. The molecule has 0 aliphatic carbocycles. The zero-order chi connectivity index (χ0) is 19.6. The highest BCUT2D eigenvalue weighted by molar-refractivity contribution is 9.10. The standard InChI is InChI=1S/C16H12BrN3O5S2/c1-25-15-6-5-12(8-13(15)17)27(23,24)19-16-18-14(9-26-16)10-3-2-4-11(7-10)20(21)22/h2-9H,1H3,(H,18,19). The highest BCUT2D eigenvalue weighted by atomic mass is 79.9. The summed E-state index contributed by atoms with van der Waals surface area (Å²) in [6, 6.07) is 10.4. The number of nitro groups is 1. The number of thiazole rings is 1. The number of anilines is 1. The first-order valence-corrected chi connectivity index (χ1v) is 10.5. The monoisotopic (exact) mass is 469 g/mol. The van der Waals surface area contributed by atoms with Crippen LogP contribution in [0.4, 0.5) is 10.8 Å². The van der Waals surface area contributed by atoms with Crippen molar-refractivity contribution in [3.05, 3.63) is 62.4 Å². The molecule has 11 heteroatoms. The molecule has 0 aliphatic heterocycles. The average Bonchev–Trinajstić information content (AvgIpc) is 3.09. The van der Waals surface area contributed by atoms with E-state index in [4.69, 9.17) is 4.74 Å². The number of non-ortho nitro benzene ring substituents is 1. The van der Waals surface area contributed by atoms with Crippen LogP contribution in [0.5, 0.6) is 5.75 Å². The molecule has 140 valence electrons. The van der Waals surface area contributed by atoms with Gasteiger partial charge in [0.15, 0.2) is 5.13 Å². The Morgan fingerprint density at radius 2 is 2.04 bits per heavy atom. The third kappa shape index (κ3) is 4.26. The lowest BCUT2D eigenvalue weighted by molar-refractivity contribution is -0.384. The third-order valence-corrected chi connectivity index (χ3v) is 6.36. The van der Waals surface area contributed by atoms with Gasteiger partial charge in [-0.25, -0.2) is 13.4 Å². The smallest absolute Gasteiger partial charge is 0.270 e. The predicted molar refractivity (Wildman–Crippen MR) is 106 cm³/mol. The van der Waals surface area contributed by atoms with Crippen LogP contribution in [0.3, 0.4) is 0 Å². The summed E-state index contributed by atoms with van der Waals surface area (Å²) in [7, 11) is -2.36. The summed E-state index contributed by atoms with van der Waals surface area (Å²) in [5.74, 6) is 0.510. The average molecular weight is 470 g/mol. The van der Waals surface area contributed by atoms with E-state index in [0.29, 0.717) is 21.5 Å². The number of nitrogens with one attached hydrogen (secondary N) is 1. The highest BCUT2D eigenvalue weighted by Gasteiger charge is 2.18. The fourth-order valence-electron chi connectivity index (χ4n) is 2.22. The Hall–Kier alpha value is -2.50. The van der Waals surface area contributed by atoms with E-state index in [2.05, 4.69) is 25.6 Å². The number of nitrogens with zero attached hydrogens (tertiary/aromatic N) is 2. The molecule has 3 aromatic rings. The van der Waals surface area contributed by atoms with Crippen molar-refractivity contribution in [2.45, 2.75) is 4.90 Å². The lowest BCUT2D eigenvalue weighted by Crippen LogP contribution is -2.12. The minimum atomic E-state index is -3.85. The second-order valence-electron chi connectivity index (χ2n) is 5.25. The Morgan fingerprint density at radius 3 is 2.70 bits per heavy atom. The van der Waals surface area contributed by atoms with Crippen LogP contribution in [0.15, 0.2) is 57.2 Å². The van der Waals surface area contributed by atoms with Crippen molar-refractivity contribution in [2.75, 3.05) is 11.8 Å². The second-order valence-corrected chi connectivity index (χ2v) is 8.64. The van der Waals surface area contributed by atoms with Crippen LogP contribution in [0, 0.1) is 10.1 Å². The molecule has 1 N–H and O–H groups in total. The molecule has 2 aromatic carbocycles. The van der Waals surface area contributed by atoms with Crippen LogP contribution < -0.4 is 9.46 Å². The van der Waals surface area contributed by atoms with Crippen molar-refractivity contribution in [1.82, 2.24) is 4.98 Å². The lowest BCUT2D eigenvalue weighted by atomic mass is 10.1. The van der Waals surface area contributed by atoms with Crippen molar-refractivity contribution in [2.24, 2.45) is 0 Å². The van der Waals surface area contributed by atoms with E-state index >= 15 is 0 Å². The number of aromatic nitrogens is 1. The fourth-order valence-corrected chi connectivity index (χ4v) is 4.91. The van der Waals surface area contributed by atoms with Crippen LogP contribution in [0.2, 0.25) is 0 Å². The molecular weight excluding hydrogens is 458 g/mol. The minimum Gasteiger partial charge on any atom is -0.496 e. The van der Waals surface area contributed by atoms with E-state index < -0.39 is 14.9 Å². The predicted octanol–water partition coefficient (Wildman–Crippen LogP) is 4.29. The van der Waals surface area contributed by atoms with Gasteiger partial charge in [-0.05, 0) is 34.1 Å². The van der Waals surface area contributed by atoms with Gasteiger partial charge in [0.1, 0.15) is 5.75 Å². The van der Waals surface area contributed by atoms with Gasteiger partial charge in [-0.3, -0.25) is 14.8 Å². The minimum absolute atomic E-state index is 0.0438. The van der Waals surface area contributed by atoms with Crippen molar-refractivity contribution >= 4 is 48.1 Å². The van der Waals surface area contributed by atoms with Crippen LogP contribution >= 0.6 is 27.3 Å². The van der Waals surface area contributed by atoms with Gasteiger partial charge < -0.3 is 4.74 Å². The summed E-state index contributed by atoms with van der Waals surface area (Å²) in [4.78, 5) is 14.7. The van der Waals surface area contributed by atoms with E-state index in [-0.39, 0.29) is 15.7 Å². The maximum atomic E-state index is 12.5. The van der Waals surface area contributed by atoms with Crippen LogP contribution in [0.25, 0.3) is 11.3 Å². The van der Waals surface area contributed by atoms with Gasteiger partial charge >= 0.3 is 0 Å². The van der Waals surface area contributed by atoms with E-state index in [0.717, 1.165) is 11.3 Å². The van der Waals surface area contributed by atoms with Crippen molar-refractivity contribution in [3.63, 3.8) is 0 Å². The van der Waals surface area contributed by atoms with Crippen LogP contribution in [-0.4, -0.2) is 25.4 Å². The second kappa shape index (κ2) is 7.62. The molecule has 1 heterocycles. The lowest BCUT2D eigenvalue weighted by Gasteiger charge is -2.08. The molecule has 0 radical (unpaired) electrons. The molecule has 0 bridgehead atoms. The van der Waals surface area contributed by atoms with E-state index in [1.165, 1.54) is 37.4 Å². The van der Waals surface area contributed by atoms with Gasteiger partial charge in [0.25, 0.3) is 15.7 Å². The van der Waals surface area contributed by atoms with Gasteiger partial charge in [0.2, 0.25) is 0 Å². The zero-order valence-corrected chi connectivity index (χ0v) is 17.0. The molecule has 0 atom stereocenters. The molecule has 1 aromatic heterocycles. The Kier molecular flexibility index (Phi) is 5.44. The number of benzene rings is 2. The largest absolute Gasteiger partial charge is 0.496 e. The molecule has 8 nitrogen and oxygen atoms in total. The topological polar surface area (TPSA) is 111 Å². The number of hydrogen-bond donors (Lipinski definition) is 1. The molecule has 0 amide bonds. The van der Waals surface area contributed by atoms with Crippen molar-refractivity contribution in [3.8, 4) is 17.0 Å². The number of methoxy groups -OCH3 is 1. The molecule has 0 unspecified atom stereocenters. The van der Waals surface area contributed by atoms with Gasteiger partial charge in [0.05, 0.1) is 27.1 Å². The molecule has 0 aliphatic rings. The Balaban J connectivity index is 1.86. The molecule has 3 rings (SSSR count). The summed E-state index contributed by atoms with van der Waals surface area (Å²) >= 11 is 4.34. The third-order valence-electron chi connectivity index (χ3n) is 3.51. The summed E-state index contributed by atoms with van der Waals surface area (Å²) in [6.07, 6.45) is 0. The number of nitro benzene ring substituents is 1. The fraction of sp³-hybridized carbons (Fsp3) is 0.0625. The SMILES string of the molecule is COc1ccc(S(=O)(=O)Nc2nc(-c3cccc([N+](=O)[O-])c3)cs2)cc1Br. The molecule has 0 saturated heterocycles. The summed E-state index contributed by atoms with van der Waals surface area (Å²) in [6.45, 7) is 0. The molecule has 0 spiro atoms. The first kappa shape index (κ1) is 19.3. The quantitative estimate of drug-likeness (QED) is 0.425. The summed E-state index contributed by atoms with van der Waals surface area (Å²) < 4.78 is 33.1. The molecule has 27 heavy (non-hydrogen) atoms. The zero-order valence-electron chi connectivity index (χ0n) is 13.7. The molecule has 0 saturated carbocycles. The number of halogens is 1. The van der Waals surface area contributed by atoms with Gasteiger partial charge in [-0.1, -0.05) is 12.1 Å². The van der Waals surface area contributed by atoms with Crippen LogP contribution in [0.1, 0.15) is 0 Å². The Labute approximate surface area is 167 Å². The number of ether oxygens (including phenoxy) is 1. The summed E-state index contributed by atoms with van der Waals surface area (Å²) in [5.41, 5.74) is 0.904. The summed E-state index contributed by atoms with van der Waals surface area (Å²) in [5, 5.41) is 12.7.